The molecular weight excluding hydrogens is 518 g/mol. The summed E-state index contributed by atoms with van der Waals surface area (Å²) in [4.78, 5) is 16.1. The van der Waals surface area contributed by atoms with Crippen LogP contribution in [0.3, 0.4) is 0 Å². The van der Waals surface area contributed by atoms with Gasteiger partial charge in [0.05, 0.1) is 18.0 Å². The summed E-state index contributed by atoms with van der Waals surface area (Å²) in [6, 6.07) is 20.0. The first-order valence-electron chi connectivity index (χ1n) is 13.5. The Morgan fingerprint density at radius 2 is 1.68 bits per heavy atom. The SMILES string of the molecule is CCC(C)N(CC(=O)N(Cc1cccn1Cc1ccccc1Cl)C1CCCCC1)S(=O)(=O)c1ccccc1. The molecule has 1 amide bonds. The molecule has 4 rings (SSSR count). The highest BCUT2D eigenvalue weighted by Crippen LogP contribution is 2.27. The van der Waals surface area contributed by atoms with E-state index in [4.69, 9.17) is 11.6 Å². The Bertz CT molecular complexity index is 1300. The molecule has 38 heavy (non-hydrogen) atoms. The maximum absolute atomic E-state index is 14.0. The zero-order valence-electron chi connectivity index (χ0n) is 22.3. The minimum atomic E-state index is -3.82. The van der Waals surface area contributed by atoms with E-state index in [2.05, 4.69) is 4.57 Å². The van der Waals surface area contributed by atoms with Crippen LogP contribution in [0, 0.1) is 0 Å². The number of carbonyl (C=O) groups is 1. The molecule has 0 N–H and O–H groups in total. The molecule has 0 spiro atoms. The van der Waals surface area contributed by atoms with Gasteiger partial charge in [-0.15, -0.1) is 0 Å². The summed E-state index contributed by atoms with van der Waals surface area (Å²) < 4.78 is 30.7. The van der Waals surface area contributed by atoms with Crippen molar-refractivity contribution >= 4 is 27.5 Å². The van der Waals surface area contributed by atoms with Gasteiger partial charge in [-0.2, -0.15) is 4.31 Å². The zero-order chi connectivity index (χ0) is 27.1. The normalized spacial score (nSPS) is 15.5. The van der Waals surface area contributed by atoms with E-state index >= 15 is 0 Å². The molecule has 1 atom stereocenters. The van der Waals surface area contributed by atoms with Crippen molar-refractivity contribution in [2.24, 2.45) is 0 Å². The standard InChI is InChI=1S/C30H38ClN3O3S/c1-3-24(2)34(38(36,37)28-17-8-5-9-18-28)23-30(35)33(26-14-6-4-7-15-26)22-27-16-12-20-32(27)21-25-13-10-11-19-29(25)31/h5,8-13,16-20,24,26H,3-4,6-7,14-15,21-23H2,1-2H3. The second-order valence-electron chi connectivity index (χ2n) is 10.2. The highest BCUT2D eigenvalue weighted by atomic mass is 35.5. The molecule has 0 aliphatic heterocycles. The number of aromatic nitrogens is 1. The summed E-state index contributed by atoms with van der Waals surface area (Å²) in [6.07, 6.45) is 7.82. The molecule has 6 nitrogen and oxygen atoms in total. The topological polar surface area (TPSA) is 62.6 Å². The number of sulfonamides is 1. The zero-order valence-corrected chi connectivity index (χ0v) is 23.9. The molecule has 0 radical (unpaired) electrons. The monoisotopic (exact) mass is 555 g/mol. The molecule has 0 bridgehead atoms. The van der Waals surface area contributed by atoms with Gasteiger partial charge in [0.25, 0.3) is 0 Å². The fourth-order valence-electron chi connectivity index (χ4n) is 5.18. The third-order valence-electron chi connectivity index (χ3n) is 7.61. The van der Waals surface area contributed by atoms with Gasteiger partial charge >= 0.3 is 0 Å². The molecule has 1 aliphatic rings. The molecule has 1 heterocycles. The second kappa shape index (κ2) is 13.0. The van der Waals surface area contributed by atoms with Gasteiger partial charge in [0, 0.05) is 35.5 Å². The molecular formula is C30H38ClN3O3S. The van der Waals surface area contributed by atoms with Crippen LogP contribution in [0.4, 0.5) is 0 Å². The van der Waals surface area contributed by atoms with Crippen LogP contribution in [0.1, 0.15) is 63.6 Å². The molecule has 1 aliphatic carbocycles. The van der Waals surface area contributed by atoms with E-state index in [1.807, 2.05) is 61.3 Å². The molecule has 3 aromatic rings. The summed E-state index contributed by atoms with van der Waals surface area (Å²) in [5.74, 6) is -0.151. The molecule has 1 fully saturated rings. The van der Waals surface area contributed by atoms with E-state index in [0.29, 0.717) is 24.5 Å². The molecule has 1 saturated carbocycles. The number of benzene rings is 2. The molecule has 0 saturated heterocycles. The fourth-order valence-corrected chi connectivity index (χ4v) is 7.05. The smallest absolute Gasteiger partial charge is 0.243 e. The minimum absolute atomic E-state index is 0.0955. The first-order chi connectivity index (χ1) is 18.3. The minimum Gasteiger partial charge on any atom is -0.345 e. The number of rotatable bonds is 11. The molecule has 2 aromatic carbocycles. The van der Waals surface area contributed by atoms with E-state index in [0.717, 1.165) is 36.9 Å². The van der Waals surface area contributed by atoms with Crippen molar-refractivity contribution in [2.45, 2.75) is 82.4 Å². The first kappa shape index (κ1) is 28.4. The van der Waals surface area contributed by atoms with Crippen LogP contribution in [0.15, 0.2) is 77.8 Å². The maximum atomic E-state index is 14.0. The van der Waals surface area contributed by atoms with Gasteiger partial charge in [-0.3, -0.25) is 4.79 Å². The van der Waals surface area contributed by atoms with E-state index in [1.54, 1.807) is 30.3 Å². The van der Waals surface area contributed by atoms with Gasteiger partial charge in [0.15, 0.2) is 0 Å². The highest BCUT2D eigenvalue weighted by molar-refractivity contribution is 7.89. The molecule has 8 heteroatoms. The summed E-state index contributed by atoms with van der Waals surface area (Å²) in [7, 11) is -3.82. The third kappa shape index (κ3) is 6.68. The summed E-state index contributed by atoms with van der Waals surface area (Å²) in [5.41, 5.74) is 2.02. The van der Waals surface area contributed by atoms with Gasteiger partial charge in [-0.05, 0) is 62.1 Å². The van der Waals surface area contributed by atoms with Crippen molar-refractivity contribution in [3.63, 3.8) is 0 Å². The maximum Gasteiger partial charge on any atom is 0.243 e. The Balaban J connectivity index is 1.61. The number of halogens is 1. The lowest BCUT2D eigenvalue weighted by atomic mass is 9.94. The van der Waals surface area contributed by atoms with Gasteiger partial charge < -0.3 is 9.47 Å². The third-order valence-corrected chi connectivity index (χ3v) is 9.96. The van der Waals surface area contributed by atoms with Gasteiger partial charge in [-0.1, -0.05) is 74.2 Å². The van der Waals surface area contributed by atoms with Gasteiger partial charge in [-0.25, -0.2) is 8.42 Å². The predicted octanol–water partition coefficient (Wildman–Crippen LogP) is 6.34. The second-order valence-corrected chi connectivity index (χ2v) is 12.5. The van der Waals surface area contributed by atoms with Crippen molar-refractivity contribution in [3.05, 3.63) is 89.2 Å². The number of hydrogen-bond donors (Lipinski definition) is 0. The van der Waals surface area contributed by atoms with Crippen molar-refractivity contribution in [2.75, 3.05) is 6.54 Å². The largest absolute Gasteiger partial charge is 0.345 e. The van der Waals surface area contributed by atoms with Crippen LogP contribution in [0.25, 0.3) is 0 Å². The lowest BCUT2D eigenvalue weighted by Gasteiger charge is -2.37. The van der Waals surface area contributed by atoms with Gasteiger partial charge in [0.1, 0.15) is 0 Å². The van der Waals surface area contributed by atoms with Crippen LogP contribution >= 0.6 is 11.6 Å². The van der Waals surface area contributed by atoms with Crippen LogP contribution in [-0.2, 0) is 27.9 Å². The summed E-state index contributed by atoms with van der Waals surface area (Å²) in [6.45, 7) is 4.68. The van der Waals surface area contributed by atoms with Crippen LogP contribution < -0.4 is 0 Å². The Morgan fingerprint density at radius 1 is 1.00 bits per heavy atom. The quantitative estimate of drug-likeness (QED) is 0.277. The Labute approximate surface area is 232 Å². The summed E-state index contributed by atoms with van der Waals surface area (Å²) in [5, 5.41) is 0.711. The number of amides is 1. The highest BCUT2D eigenvalue weighted by Gasteiger charge is 2.34. The van der Waals surface area contributed by atoms with Gasteiger partial charge in [0.2, 0.25) is 15.9 Å². The Kier molecular flexibility index (Phi) is 9.69. The summed E-state index contributed by atoms with van der Waals surface area (Å²) >= 11 is 6.43. The van der Waals surface area contributed by atoms with E-state index in [9.17, 15) is 13.2 Å². The predicted molar refractivity (Wildman–Crippen MR) is 152 cm³/mol. The van der Waals surface area contributed by atoms with Crippen molar-refractivity contribution < 1.29 is 13.2 Å². The Hall–Kier alpha value is -2.61. The number of hydrogen-bond acceptors (Lipinski definition) is 3. The first-order valence-corrected chi connectivity index (χ1v) is 15.4. The lowest BCUT2D eigenvalue weighted by molar-refractivity contribution is -0.135. The molecule has 204 valence electrons. The number of nitrogens with zero attached hydrogens (tertiary/aromatic N) is 3. The lowest BCUT2D eigenvalue weighted by Crippen LogP contribution is -2.49. The Morgan fingerprint density at radius 3 is 2.37 bits per heavy atom. The number of carbonyl (C=O) groups excluding carboxylic acids is 1. The van der Waals surface area contributed by atoms with E-state index in [-0.39, 0.29) is 29.4 Å². The van der Waals surface area contributed by atoms with Crippen molar-refractivity contribution in [1.29, 1.82) is 0 Å². The average molecular weight is 556 g/mol. The van der Waals surface area contributed by atoms with E-state index in [1.165, 1.54) is 10.7 Å². The molecule has 1 aromatic heterocycles. The van der Waals surface area contributed by atoms with Crippen LogP contribution in [0.2, 0.25) is 5.02 Å². The average Bonchev–Trinajstić information content (AvgIpc) is 3.38. The van der Waals surface area contributed by atoms with Crippen molar-refractivity contribution in [3.8, 4) is 0 Å². The fraction of sp³-hybridized carbons (Fsp3) is 0.433. The van der Waals surface area contributed by atoms with Crippen LogP contribution in [0.5, 0.6) is 0 Å². The van der Waals surface area contributed by atoms with E-state index < -0.39 is 10.0 Å². The van der Waals surface area contributed by atoms with Crippen LogP contribution in [-0.4, -0.2) is 46.7 Å². The van der Waals surface area contributed by atoms with Crippen molar-refractivity contribution in [1.82, 2.24) is 13.8 Å². The molecule has 1 unspecified atom stereocenters.